The number of aromatic nitrogens is 2. The SMILES string of the molecule is CCOC(=O)C(=O)c1ccc2n[nH]c(C)c2c1. The Bertz CT molecular complexity index is 586. The van der Waals surface area contributed by atoms with Crippen molar-refractivity contribution in [3.8, 4) is 0 Å². The highest BCUT2D eigenvalue weighted by Gasteiger charge is 2.18. The molecule has 1 N–H and O–H groups in total. The molecule has 88 valence electrons. The molecule has 0 atom stereocenters. The van der Waals surface area contributed by atoms with E-state index in [1.165, 1.54) is 0 Å². The van der Waals surface area contributed by atoms with Crippen molar-refractivity contribution in [3.63, 3.8) is 0 Å². The summed E-state index contributed by atoms with van der Waals surface area (Å²) in [6, 6.07) is 4.92. The number of nitrogens with one attached hydrogen (secondary N) is 1. The molecule has 2 rings (SSSR count). The number of hydrogen-bond donors (Lipinski definition) is 1. The van der Waals surface area contributed by atoms with E-state index in [4.69, 9.17) is 0 Å². The number of esters is 1. The summed E-state index contributed by atoms with van der Waals surface area (Å²) in [4.78, 5) is 23.0. The normalized spacial score (nSPS) is 10.5. The van der Waals surface area contributed by atoms with Crippen molar-refractivity contribution in [2.24, 2.45) is 0 Å². The highest BCUT2D eigenvalue weighted by atomic mass is 16.5. The van der Waals surface area contributed by atoms with E-state index in [0.717, 1.165) is 16.6 Å². The standard InChI is InChI=1S/C12H12N2O3/c1-3-17-12(16)11(15)8-4-5-10-9(6-8)7(2)13-14-10/h4-6H,3H2,1-2H3,(H,13,14). The van der Waals surface area contributed by atoms with Crippen molar-refractivity contribution < 1.29 is 14.3 Å². The van der Waals surface area contributed by atoms with E-state index in [0.29, 0.717) is 5.56 Å². The summed E-state index contributed by atoms with van der Waals surface area (Å²) in [6.45, 7) is 3.71. The number of nitrogens with zero attached hydrogens (tertiary/aromatic N) is 1. The van der Waals surface area contributed by atoms with Crippen LogP contribution in [0.1, 0.15) is 23.0 Å². The monoisotopic (exact) mass is 232 g/mol. The van der Waals surface area contributed by atoms with Gasteiger partial charge in [0.2, 0.25) is 0 Å². The van der Waals surface area contributed by atoms with E-state index >= 15 is 0 Å². The second-order valence-corrected chi connectivity index (χ2v) is 3.63. The zero-order valence-electron chi connectivity index (χ0n) is 9.61. The zero-order chi connectivity index (χ0) is 12.4. The number of Topliss-reactive ketones (excluding diaryl/α,β-unsaturated/α-hetero) is 1. The van der Waals surface area contributed by atoms with Gasteiger partial charge in [-0.2, -0.15) is 5.10 Å². The highest BCUT2D eigenvalue weighted by molar-refractivity contribution is 6.40. The zero-order valence-corrected chi connectivity index (χ0v) is 9.61. The van der Waals surface area contributed by atoms with Gasteiger partial charge in [0.25, 0.3) is 5.78 Å². The fourth-order valence-electron chi connectivity index (χ4n) is 1.59. The molecule has 17 heavy (non-hydrogen) atoms. The minimum atomic E-state index is -0.826. The number of rotatable bonds is 3. The maximum absolute atomic E-state index is 11.7. The number of aromatic amines is 1. The third-order valence-corrected chi connectivity index (χ3v) is 2.47. The number of carbonyl (C=O) groups excluding carboxylic acids is 2. The Labute approximate surface area is 97.8 Å². The number of carbonyl (C=O) groups is 2. The van der Waals surface area contributed by atoms with Crippen LogP contribution in [0, 0.1) is 6.92 Å². The van der Waals surface area contributed by atoms with Crippen molar-refractivity contribution in [1.82, 2.24) is 10.2 Å². The molecule has 0 aliphatic heterocycles. The van der Waals surface area contributed by atoms with Gasteiger partial charge in [-0.1, -0.05) is 0 Å². The molecule has 0 bridgehead atoms. The van der Waals surface area contributed by atoms with Gasteiger partial charge in [-0.3, -0.25) is 9.89 Å². The summed E-state index contributed by atoms with van der Waals surface area (Å²) in [7, 11) is 0. The number of ether oxygens (including phenoxy) is 1. The van der Waals surface area contributed by atoms with Crippen molar-refractivity contribution in [1.29, 1.82) is 0 Å². The lowest BCUT2D eigenvalue weighted by Gasteiger charge is -2.01. The molecule has 0 saturated heterocycles. The number of ketones is 1. The Morgan fingerprint density at radius 1 is 1.41 bits per heavy atom. The van der Waals surface area contributed by atoms with Crippen LogP contribution in [0.4, 0.5) is 0 Å². The summed E-state index contributed by atoms with van der Waals surface area (Å²) >= 11 is 0. The van der Waals surface area contributed by atoms with Gasteiger partial charge >= 0.3 is 5.97 Å². The Balaban J connectivity index is 2.39. The molecule has 0 saturated carbocycles. The quantitative estimate of drug-likeness (QED) is 0.496. The Hall–Kier alpha value is -2.17. The molecule has 1 heterocycles. The van der Waals surface area contributed by atoms with Gasteiger partial charge < -0.3 is 4.74 Å². The molecule has 5 nitrogen and oxygen atoms in total. The Morgan fingerprint density at radius 2 is 2.18 bits per heavy atom. The van der Waals surface area contributed by atoms with Crippen LogP contribution in [-0.4, -0.2) is 28.6 Å². The number of aryl methyl sites for hydroxylation is 1. The first-order chi connectivity index (χ1) is 8.13. The molecule has 0 unspecified atom stereocenters. The van der Waals surface area contributed by atoms with Crippen molar-refractivity contribution in [2.75, 3.05) is 6.61 Å². The second kappa shape index (κ2) is 4.37. The number of fused-ring (bicyclic) bond motifs is 1. The second-order valence-electron chi connectivity index (χ2n) is 3.63. The number of hydrogen-bond acceptors (Lipinski definition) is 4. The van der Waals surface area contributed by atoms with Crippen LogP contribution in [0.3, 0.4) is 0 Å². The summed E-state index contributed by atoms with van der Waals surface area (Å²) < 4.78 is 4.67. The molecular weight excluding hydrogens is 220 g/mol. The molecule has 0 aliphatic carbocycles. The largest absolute Gasteiger partial charge is 0.460 e. The topological polar surface area (TPSA) is 72.1 Å². The summed E-state index contributed by atoms with van der Waals surface area (Å²) in [6.07, 6.45) is 0. The van der Waals surface area contributed by atoms with E-state index in [-0.39, 0.29) is 6.61 Å². The Kier molecular flexibility index (Phi) is 2.91. The lowest BCUT2D eigenvalue weighted by molar-refractivity contribution is -0.137. The predicted octanol–water partition coefficient (Wildman–Crippen LogP) is 1.62. The maximum Gasteiger partial charge on any atom is 0.379 e. The van der Waals surface area contributed by atoms with Gasteiger partial charge in [-0.05, 0) is 32.0 Å². The molecule has 0 aliphatic rings. The van der Waals surface area contributed by atoms with Crippen LogP contribution in [0.2, 0.25) is 0 Å². The minimum Gasteiger partial charge on any atom is -0.460 e. The molecule has 5 heteroatoms. The molecule has 1 aromatic carbocycles. The number of benzene rings is 1. The van der Waals surface area contributed by atoms with E-state index in [2.05, 4.69) is 14.9 Å². The van der Waals surface area contributed by atoms with Crippen LogP contribution in [0.25, 0.3) is 10.9 Å². The maximum atomic E-state index is 11.7. The van der Waals surface area contributed by atoms with Gasteiger partial charge in [0, 0.05) is 16.6 Å². The summed E-state index contributed by atoms with van der Waals surface area (Å²) in [5.41, 5.74) is 1.95. The predicted molar refractivity (Wildman–Crippen MR) is 61.8 cm³/mol. The van der Waals surface area contributed by atoms with E-state index < -0.39 is 11.8 Å². The lowest BCUT2D eigenvalue weighted by Crippen LogP contribution is -2.17. The van der Waals surface area contributed by atoms with Crippen LogP contribution in [0.5, 0.6) is 0 Å². The van der Waals surface area contributed by atoms with Gasteiger partial charge in [0.05, 0.1) is 12.1 Å². The van der Waals surface area contributed by atoms with Crippen molar-refractivity contribution >= 4 is 22.7 Å². The van der Waals surface area contributed by atoms with Crippen LogP contribution >= 0.6 is 0 Å². The van der Waals surface area contributed by atoms with Crippen LogP contribution in [-0.2, 0) is 9.53 Å². The average molecular weight is 232 g/mol. The smallest absolute Gasteiger partial charge is 0.379 e. The van der Waals surface area contributed by atoms with Crippen molar-refractivity contribution in [3.05, 3.63) is 29.5 Å². The number of H-pyrrole nitrogens is 1. The third kappa shape index (κ3) is 2.04. The molecule has 0 fully saturated rings. The average Bonchev–Trinajstić information content (AvgIpc) is 2.70. The molecule has 2 aromatic rings. The summed E-state index contributed by atoms with van der Waals surface area (Å²) in [5.74, 6) is -1.46. The van der Waals surface area contributed by atoms with Gasteiger partial charge in [0.1, 0.15) is 0 Å². The first kappa shape index (κ1) is 11.3. The van der Waals surface area contributed by atoms with Gasteiger partial charge in [0.15, 0.2) is 0 Å². The minimum absolute atomic E-state index is 0.192. The van der Waals surface area contributed by atoms with Crippen LogP contribution < -0.4 is 0 Å². The highest BCUT2D eigenvalue weighted by Crippen LogP contribution is 2.17. The molecule has 0 amide bonds. The molecule has 0 spiro atoms. The van der Waals surface area contributed by atoms with Gasteiger partial charge in [-0.25, -0.2) is 4.79 Å². The van der Waals surface area contributed by atoms with E-state index in [1.54, 1.807) is 25.1 Å². The first-order valence-electron chi connectivity index (χ1n) is 5.29. The van der Waals surface area contributed by atoms with Crippen molar-refractivity contribution in [2.45, 2.75) is 13.8 Å². The molecule has 0 radical (unpaired) electrons. The fourth-order valence-corrected chi connectivity index (χ4v) is 1.59. The van der Waals surface area contributed by atoms with E-state index in [1.807, 2.05) is 6.92 Å². The lowest BCUT2D eigenvalue weighted by atomic mass is 10.1. The fraction of sp³-hybridized carbons (Fsp3) is 0.250. The van der Waals surface area contributed by atoms with Gasteiger partial charge in [-0.15, -0.1) is 0 Å². The molecule has 1 aromatic heterocycles. The first-order valence-corrected chi connectivity index (χ1v) is 5.29. The third-order valence-electron chi connectivity index (χ3n) is 2.47. The van der Waals surface area contributed by atoms with E-state index in [9.17, 15) is 9.59 Å². The summed E-state index contributed by atoms with van der Waals surface area (Å²) in [5, 5.41) is 7.70. The molecular formula is C12H12N2O3. The van der Waals surface area contributed by atoms with Crippen LogP contribution in [0.15, 0.2) is 18.2 Å². The Morgan fingerprint density at radius 3 is 2.88 bits per heavy atom.